The van der Waals surface area contributed by atoms with Gasteiger partial charge in [-0.1, -0.05) is 6.07 Å². The Bertz CT molecular complexity index is 1090. The number of hydrogen-bond acceptors (Lipinski definition) is 6. The van der Waals surface area contributed by atoms with E-state index >= 15 is 0 Å². The van der Waals surface area contributed by atoms with Gasteiger partial charge in [-0.2, -0.15) is 0 Å². The van der Waals surface area contributed by atoms with Crippen molar-refractivity contribution in [2.75, 3.05) is 29.5 Å². The minimum atomic E-state index is -1.23. The van der Waals surface area contributed by atoms with E-state index in [0.29, 0.717) is 18.6 Å². The molecule has 1 saturated carbocycles. The van der Waals surface area contributed by atoms with Crippen LogP contribution in [0.1, 0.15) is 29.2 Å². The molecule has 0 amide bonds. The van der Waals surface area contributed by atoms with Crippen molar-refractivity contribution in [1.82, 2.24) is 9.55 Å². The number of carbonyl (C=O) groups is 1. The van der Waals surface area contributed by atoms with E-state index in [1.165, 1.54) is 6.20 Å². The van der Waals surface area contributed by atoms with Crippen molar-refractivity contribution in [1.29, 1.82) is 0 Å². The molecule has 0 spiro atoms. The first-order valence-electron chi connectivity index (χ1n) is 9.15. The van der Waals surface area contributed by atoms with Gasteiger partial charge in [0.15, 0.2) is 0 Å². The third kappa shape index (κ3) is 3.48. The monoisotopic (exact) mass is 379 g/mol. The lowest BCUT2D eigenvalue weighted by Crippen LogP contribution is -2.20. The number of aromatic carboxylic acids is 1. The Morgan fingerprint density at radius 2 is 2.04 bits per heavy atom. The second-order valence-electron chi connectivity index (χ2n) is 6.84. The fourth-order valence-corrected chi connectivity index (χ4v) is 3.28. The predicted molar refractivity (Wildman–Crippen MR) is 109 cm³/mol. The van der Waals surface area contributed by atoms with Crippen LogP contribution in [-0.2, 0) is 0 Å². The summed E-state index contributed by atoms with van der Waals surface area (Å²) in [7, 11) is 0. The maximum absolute atomic E-state index is 12.6. The van der Waals surface area contributed by atoms with E-state index in [1.807, 2.05) is 28.8 Å². The molecule has 28 heavy (non-hydrogen) atoms. The first-order chi connectivity index (χ1) is 13.5. The number of nitrogens with zero attached hydrogens (tertiary/aromatic N) is 2. The van der Waals surface area contributed by atoms with Gasteiger partial charge in [-0.25, -0.2) is 9.78 Å². The van der Waals surface area contributed by atoms with E-state index < -0.39 is 11.4 Å². The number of nitrogen functional groups attached to an aromatic ring is 1. The lowest BCUT2D eigenvalue weighted by molar-refractivity contribution is 0.0695. The molecule has 1 aliphatic carbocycles. The molecule has 2 heterocycles. The molecule has 1 aliphatic rings. The number of aromatic nitrogens is 2. The van der Waals surface area contributed by atoms with Crippen molar-refractivity contribution >= 4 is 34.1 Å². The van der Waals surface area contributed by atoms with Crippen molar-refractivity contribution in [3.63, 3.8) is 0 Å². The molecule has 5 N–H and O–H groups in total. The highest BCUT2D eigenvalue weighted by Gasteiger charge is 2.27. The van der Waals surface area contributed by atoms with Crippen molar-refractivity contribution in [3.8, 4) is 0 Å². The number of carboxylic acids is 1. The maximum atomic E-state index is 12.6. The first-order valence-corrected chi connectivity index (χ1v) is 9.15. The lowest BCUT2D eigenvalue weighted by atomic mass is 10.1. The predicted octanol–water partition coefficient (Wildman–Crippen LogP) is 2.54. The number of rotatable bonds is 7. The van der Waals surface area contributed by atoms with E-state index in [1.54, 1.807) is 12.3 Å². The number of hydrogen-bond donors (Lipinski definition) is 4. The summed E-state index contributed by atoms with van der Waals surface area (Å²) in [6, 6.07) is 9.40. The number of fused-ring (bicyclic) bond motifs is 1. The van der Waals surface area contributed by atoms with E-state index in [-0.39, 0.29) is 22.7 Å². The Morgan fingerprint density at radius 1 is 1.25 bits per heavy atom. The van der Waals surface area contributed by atoms with Gasteiger partial charge in [0.05, 0.1) is 10.9 Å². The summed E-state index contributed by atoms with van der Waals surface area (Å²) >= 11 is 0. The highest BCUT2D eigenvalue weighted by Crippen LogP contribution is 2.38. The zero-order chi connectivity index (χ0) is 19.7. The molecule has 1 fully saturated rings. The third-order valence-electron chi connectivity index (χ3n) is 4.76. The van der Waals surface area contributed by atoms with E-state index in [2.05, 4.69) is 15.6 Å². The van der Waals surface area contributed by atoms with Crippen molar-refractivity contribution in [2.24, 2.45) is 0 Å². The molecule has 0 unspecified atom stereocenters. The number of pyridine rings is 2. The van der Waals surface area contributed by atoms with Crippen LogP contribution in [-0.4, -0.2) is 33.7 Å². The molecule has 8 heteroatoms. The topological polar surface area (TPSA) is 122 Å². The van der Waals surface area contributed by atoms with Gasteiger partial charge >= 0.3 is 5.97 Å². The van der Waals surface area contributed by atoms with Gasteiger partial charge in [0, 0.05) is 42.9 Å². The second-order valence-corrected chi connectivity index (χ2v) is 6.84. The fraction of sp³-hybridized carbons (Fsp3) is 0.250. The molecule has 0 atom stereocenters. The van der Waals surface area contributed by atoms with Gasteiger partial charge in [0.1, 0.15) is 11.4 Å². The normalized spacial score (nSPS) is 13.4. The van der Waals surface area contributed by atoms with Crippen molar-refractivity contribution in [3.05, 3.63) is 58.5 Å². The van der Waals surface area contributed by atoms with E-state index in [0.717, 1.165) is 24.3 Å². The van der Waals surface area contributed by atoms with Crippen LogP contribution < -0.4 is 21.8 Å². The number of anilines is 3. The van der Waals surface area contributed by atoms with Gasteiger partial charge < -0.3 is 26.0 Å². The summed E-state index contributed by atoms with van der Waals surface area (Å²) in [4.78, 5) is 28.3. The molecule has 3 aromatic rings. The fourth-order valence-electron chi connectivity index (χ4n) is 3.28. The Kier molecular flexibility index (Phi) is 4.60. The minimum Gasteiger partial charge on any atom is -0.477 e. The first kappa shape index (κ1) is 17.8. The van der Waals surface area contributed by atoms with Gasteiger partial charge in [-0.15, -0.1) is 0 Å². The molecule has 2 aromatic heterocycles. The third-order valence-corrected chi connectivity index (χ3v) is 4.76. The van der Waals surface area contributed by atoms with Crippen LogP contribution in [0.2, 0.25) is 0 Å². The summed E-state index contributed by atoms with van der Waals surface area (Å²) in [5.41, 5.74) is 7.08. The molecular weight excluding hydrogens is 358 g/mol. The molecule has 0 radical (unpaired) electrons. The van der Waals surface area contributed by atoms with Crippen LogP contribution in [0.4, 0.5) is 17.2 Å². The van der Waals surface area contributed by atoms with Gasteiger partial charge in [0.25, 0.3) is 0 Å². The smallest absolute Gasteiger partial charge is 0.341 e. The molecular formula is C20H21N5O3. The number of benzene rings is 1. The zero-order valence-corrected chi connectivity index (χ0v) is 15.2. The Balaban J connectivity index is 1.60. The average molecular weight is 379 g/mol. The molecule has 0 aliphatic heterocycles. The molecule has 8 nitrogen and oxygen atoms in total. The van der Waals surface area contributed by atoms with Crippen molar-refractivity contribution < 1.29 is 9.90 Å². The standard InChI is InChI=1S/C20H21N5O3/c21-15-9-12(22-7-8-24-17-3-1-2-6-23-17)10-16-18(15)19(26)14(20(27)28)11-25(16)13-4-5-13/h1-3,6,9-11,13,22H,4-5,7-8,21H2,(H,23,24)(H,27,28). The number of nitrogens with two attached hydrogens (primary N) is 1. The quantitative estimate of drug-likeness (QED) is 0.367. The van der Waals surface area contributed by atoms with E-state index in [9.17, 15) is 14.7 Å². The molecule has 0 bridgehead atoms. The summed E-state index contributed by atoms with van der Waals surface area (Å²) in [6.45, 7) is 1.28. The van der Waals surface area contributed by atoms with Gasteiger partial charge in [-0.3, -0.25) is 4.79 Å². The van der Waals surface area contributed by atoms with Crippen LogP contribution in [0.3, 0.4) is 0 Å². The highest BCUT2D eigenvalue weighted by molar-refractivity contribution is 5.99. The summed E-state index contributed by atoms with van der Waals surface area (Å²) in [5.74, 6) is -0.436. The van der Waals surface area contributed by atoms with Gasteiger partial charge in [0.2, 0.25) is 5.43 Å². The van der Waals surface area contributed by atoms with Crippen LogP contribution >= 0.6 is 0 Å². The van der Waals surface area contributed by atoms with Crippen LogP contribution in [0, 0.1) is 0 Å². The summed E-state index contributed by atoms with van der Waals surface area (Å²) < 4.78 is 1.87. The minimum absolute atomic E-state index is 0.210. The Labute approximate surface area is 161 Å². The Morgan fingerprint density at radius 3 is 2.71 bits per heavy atom. The SMILES string of the molecule is Nc1cc(NCCNc2ccccn2)cc2c1c(=O)c(C(=O)O)cn2C1CC1. The maximum Gasteiger partial charge on any atom is 0.341 e. The number of nitrogens with one attached hydrogen (secondary N) is 2. The largest absolute Gasteiger partial charge is 0.477 e. The molecule has 1 aromatic carbocycles. The summed E-state index contributed by atoms with van der Waals surface area (Å²) in [6.07, 6.45) is 5.09. The number of carboxylic acid groups (broad SMARTS) is 1. The van der Waals surface area contributed by atoms with E-state index in [4.69, 9.17) is 5.73 Å². The van der Waals surface area contributed by atoms with Crippen LogP contribution in [0.5, 0.6) is 0 Å². The lowest BCUT2D eigenvalue weighted by Gasteiger charge is -2.15. The Hall–Kier alpha value is -3.55. The molecule has 4 rings (SSSR count). The highest BCUT2D eigenvalue weighted by atomic mass is 16.4. The van der Waals surface area contributed by atoms with Crippen molar-refractivity contribution in [2.45, 2.75) is 18.9 Å². The summed E-state index contributed by atoms with van der Waals surface area (Å²) in [5, 5.41) is 16.1. The molecule has 144 valence electrons. The zero-order valence-electron chi connectivity index (χ0n) is 15.2. The van der Waals surface area contributed by atoms with Crippen LogP contribution in [0.15, 0.2) is 47.5 Å². The average Bonchev–Trinajstić information content (AvgIpc) is 3.51. The molecule has 0 saturated heterocycles. The second kappa shape index (κ2) is 7.22. The van der Waals surface area contributed by atoms with Gasteiger partial charge in [-0.05, 0) is 37.1 Å². The van der Waals surface area contributed by atoms with Crippen LogP contribution in [0.25, 0.3) is 10.9 Å².